The minimum Gasteiger partial charge on any atom is -0.478 e. The number of carbonyl (C=O) groups is 2. The molecule has 3 nitrogen and oxygen atoms in total. The first-order chi connectivity index (χ1) is 7.61. The summed E-state index contributed by atoms with van der Waals surface area (Å²) < 4.78 is 0. The Morgan fingerprint density at radius 2 is 2.25 bits per heavy atom. The van der Waals surface area contributed by atoms with Crippen LogP contribution in [-0.2, 0) is 4.79 Å². The van der Waals surface area contributed by atoms with Crippen LogP contribution in [0.1, 0.15) is 29.3 Å². The van der Waals surface area contributed by atoms with Crippen LogP contribution in [0, 0.1) is 11.8 Å². The smallest absolute Gasteiger partial charge is 0.337 e. The molecule has 1 aromatic heterocycles. The number of thioether (sulfide) groups is 1. The number of carboxylic acids is 1. The van der Waals surface area contributed by atoms with Crippen molar-refractivity contribution in [3.8, 4) is 11.8 Å². The highest BCUT2D eigenvalue weighted by Crippen LogP contribution is 2.13. The molecule has 16 heavy (non-hydrogen) atoms. The summed E-state index contributed by atoms with van der Waals surface area (Å²) in [6.07, 6.45) is 0.582. The Morgan fingerprint density at radius 3 is 2.88 bits per heavy atom. The predicted molar refractivity (Wildman–Crippen MR) is 65.9 cm³/mol. The van der Waals surface area contributed by atoms with Gasteiger partial charge in [-0.3, -0.25) is 4.79 Å². The molecule has 1 N–H and O–H groups in total. The lowest BCUT2D eigenvalue weighted by Gasteiger charge is -1.90. The van der Waals surface area contributed by atoms with E-state index in [2.05, 4.69) is 11.8 Å². The third kappa shape index (κ3) is 4.09. The number of hydrogen-bond acceptors (Lipinski definition) is 4. The molecule has 0 radical (unpaired) electrons. The second-order valence-electron chi connectivity index (χ2n) is 2.90. The Bertz CT molecular complexity index is 451. The molecular formula is C11H10O3S2. The fourth-order valence-electron chi connectivity index (χ4n) is 0.963. The normalized spacial score (nSPS) is 9.31. The highest BCUT2D eigenvalue weighted by molar-refractivity contribution is 8.13. The standard InChI is InChI=1S/C11H10O3S2/c1-8(12)16-5-3-2-4-9-6-15-7-10(9)11(13)14/h6-7H,3,5H2,1H3,(H,13,14). The quantitative estimate of drug-likeness (QED) is 0.665. The lowest BCUT2D eigenvalue weighted by Crippen LogP contribution is -1.95. The van der Waals surface area contributed by atoms with Gasteiger partial charge in [-0.2, -0.15) is 11.3 Å². The third-order valence-electron chi connectivity index (χ3n) is 1.65. The first-order valence-corrected chi connectivity index (χ1v) is 6.46. The van der Waals surface area contributed by atoms with Crippen LogP contribution < -0.4 is 0 Å². The molecular weight excluding hydrogens is 244 g/mol. The van der Waals surface area contributed by atoms with Crippen molar-refractivity contribution in [2.75, 3.05) is 5.75 Å². The molecule has 0 fully saturated rings. The molecule has 0 saturated carbocycles. The van der Waals surface area contributed by atoms with Gasteiger partial charge in [-0.1, -0.05) is 23.6 Å². The number of aromatic carboxylic acids is 1. The van der Waals surface area contributed by atoms with Crippen LogP contribution >= 0.6 is 23.1 Å². The van der Waals surface area contributed by atoms with E-state index in [1.807, 2.05) is 0 Å². The van der Waals surface area contributed by atoms with Gasteiger partial charge in [-0.05, 0) is 0 Å². The van der Waals surface area contributed by atoms with Crippen LogP contribution in [0.3, 0.4) is 0 Å². The third-order valence-corrected chi connectivity index (χ3v) is 3.21. The lowest BCUT2D eigenvalue weighted by atomic mass is 10.2. The van der Waals surface area contributed by atoms with Crippen molar-refractivity contribution >= 4 is 34.2 Å². The monoisotopic (exact) mass is 254 g/mol. The van der Waals surface area contributed by atoms with Crippen LogP contribution in [0.4, 0.5) is 0 Å². The van der Waals surface area contributed by atoms with E-state index < -0.39 is 5.97 Å². The van der Waals surface area contributed by atoms with Crippen LogP contribution in [-0.4, -0.2) is 21.9 Å². The van der Waals surface area contributed by atoms with E-state index in [0.29, 0.717) is 17.7 Å². The summed E-state index contributed by atoms with van der Waals surface area (Å²) in [7, 11) is 0. The van der Waals surface area contributed by atoms with Crippen molar-refractivity contribution in [3.05, 3.63) is 21.9 Å². The Morgan fingerprint density at radius 1 is 1.50 bits per heavy atom. The largest absolute Gasteiger partial charge is 0.478 e. The lowest BCUT2D eigenvalue weighted by molar-refractivity contribution is -0.109. The maximum atomic E-state index is 10.8. The van der Waals surface area contributed by atoms with Gasteiger partial charge in [0, 0.05) is 35.4 Å². The predicted octanol–water partition coefficient (Wildman–Crippen LogP) is 2.47. The maximum absolute atomic E-state index is 10.8. The van der Waals surface area contributed by atoms with Gasteiger partial charge >= 0.3 is 5.97 Å². The van der Waals surface area contributed by atoms with Crippen molar-refractivity contribution in [1.29, 1.82) is 0 Å². The number of rotatable bonds is 3. The summed E-state index contributed by atoms with van der Waals surface area (Å²) in [6.45, 7) is 1.51. The fourth-order valence-corrected chi connectivity index (χ4v) is 2.21. The zero-order chi connectivity index (χ0) is 12.0. The van der Waals surface area contributed by atoms with Crippen molar-refractivity contribution < 1.29 is 14.7 Å². The van der Waals surface area contributed by atoms with E-state index in [1.54, 1.807) is 10.8 Å². The number of carbonyl (C=O) groups excluding carboxylic acids is 1. The summed E-state index contributed by atoms with van der Waals surface area (Å²) in [5.41, 5.74) is 0.794. The van der Waals surface area contributed by atoms with E-state index in [9.17, 15) is 9.59 Å². The first kappa shape index (κ1) is 12.8. The van der Waals surface area contributed by atoms with Gasteiger partial charge in [-0.15, -0.1) is 0 Å². The van der Waals surface area contributed by atoms with Crippen LogP contribution in [0.2, 0.25) is 0 Å². The Labute approximate surface area is 102 Å². The average molecular weight is 254 g/mol. The second-order valence-corrected chi connectivity index (χ2v) is 4.91. The molecule has 0 atom stereocenters. The van der Waals surface area contributed by atoms with E-state index in [1.165, 1.54) is 30.0 Å². The Kier molecular flexibility index (Phi) is 5.09. The van der Waals surface area contributed by atoms with E-state index in [-0.39, 0.29) is 10.7 Å². The molecule has 0 aromatic carbocycles. The minimum atomic E-state index is -0.955. The van der Waals surface area contributed by atoms with Crippen molar-refractivity contribution in [2.45, 2.75) is 13.3 Å². The molecule has 5 heteroatoms. The zero-order valence-corrected chi connectivity index (χ0v) is 10.3. The topological polar surface area (TPSA) is 54.4 Å². The van der Waals surface area contributed by atoms with Gasteiger partial charge in [0.2, 0.25) is 0 Å². The molecule has 1 heterocycles. The molecule has 0 bridgehead atoms. The minimum absolute atomic E-state index is 0.0727. The summed E-state index contributed by atoms with van der Waals surface area (Å²) in [5, 5.41) is 12.2. The van der Waals surface area contributed by atoms with Gasteiger partial charge in [0.05, 0.1) is 5.56 Å². The van der Waals surface area contributed by atoms with Gasteiger partial charge in [0.15, 0.2) is 5.12 Å². The molecule has 1 aromatic rings. The Balaban J connectivity index is 2.53. The summed E-state index contributed by atoms with van der Waals surface area (Å²) in [4.78, 5) is 21.4. The number of hydrogen-bond donors (Lipinski definition) is 1. The fraction of sp³-hybridized carbons (Fsp3) is 0.273. The van der Waals surface area contributed by atoms with E-state index in [0.717, 1.165) is 0 Å². The molecule has 0 amide bonds. The summed E-state index contributed by atoms with van der Waals surface area (Å²) >= 11 is 2.54. The molecule has 0 spiro atoms. The van der Waals surface area contributed by atoms with Gasteiger partial charge in [0.1, 0.15) is 0 Å². The second kappa shape index (κ2) is 6.36. The number of carboxylic acid groups (broad SMARTS) is 1. The van der Waals surface area contributed by atoms with E-state index >= 15 is 0 Å². The van der Waals surface area contributed by atoms with Crippen molar-refractivity contribution in [3.63, 3.8) is 0 Å². The average Bonchev–Trinajstić information content (AvgIpc) is 2.65. The van der Waals surface area contributed by atoms with Crippen molar-refractivity contribution in [2.24, 2.45) is 0 Å². The van der Waals surface area contributed by atoms with Gasteiger partial charge in [-0.25, -0.2) is 4.79 Å². The van der Waals surface area contributed by atoms with E-state index in [4.69, 9.17) is 5.11 Å². The highest BCUT2D eigenvalue weighted by Gasteiger charge is 2.08. The molecule has 0 aliphatic carbocycles. The van der Waals surface area contributed by atoms with Crippen LogP contribution in [0.15, 0.2) is 10.8 Å². The summed E-state index contributed by atoms with van der Waals surface area (Å²) in [6, 6.07) is 0. The number of thiophene rings is 1. The van der Waals surface area contributed by atoms with Gasteiger partial charge in [0.25, 0.3) is 0 Å². The molecule has 84 valence electrons. The molecule has 0 aliphatic rings. The molecule has 0 aliphatic heterocycles. The SMILES string of the molecule is CC(=O)SCCC#Cc1cscc1C(=O)O. The molecule has 0 unspecified atom stereocenters. The zero-order valence-electron chi connectivity index (χ0n) is 8.65. The maximum Gasteiger partial charge on any atom is 0.337 e. The highest BCUT2D eigenvalue weighted by atomic mass is 32.2. The van der Waals surface area contributed by atoms with Gasteiger partial charge < -0.3 is 5.11 Å². The Hall–Kier alpha value is -1.25. The van der Waals surface area contributed by atoms with Crippen molar-refractivity contribution in [1.82, 2.24) is 0 Å². The van der Waals surface area contributed by atoms with Crippen LogP contribution in [0.5, 0.6) is 0 Å². The molecule has 0 saturated heterocycles. The van der Waals surface area contributed by atoms with Crippen LogP contribution in [0.25, 0.3) is 0 Å². The first-order valence-electron chi connectivity index (χ1n) is 4.53. The summed E-state index contributed by atoms with van der Waals surface area (Å²) in [5.74, 6) is 5.35. The molecule has 1 rings (SSSR count).